The molecule has 3 rings (SSSR count). The van der Waals surface area contributed by atoms with Crippen LogP contribution in [0.5, 0.6) is 5.75 Å². The van der Waals surface area contributed by atoms with Crippen molar-refractivity contribution in [3.8, 4) is 5.75 Å². The van der Waals surface area contributed by atoms with Gasteiger partial charge in [-0.25, -0.2) is 13.6 Å². The van der Waals surface area contributed by atoms with Gasteiger partial charge in [0.1, 0.15) is 17.4 Å². The number of rotatable bonds is 5. The van der Waals surface area contributed by atoms with Crippen LogP contribution in [0, 0.1) is 11.6 Å². The minimum Gasteiger partial charge on any atom is -0.422 e. The summed E-state index contributed by atoms with van der Waals surface area (Å²) in [6.07, 6.45) is 2.38. The Bertz CT molecular complexity index is 1080. The van der Waals surface area contributed by atoms with E-state index in [1.165, 1.54) is 30.3 Å². The van der Waals surface area contributed by atoms with Crippen molar-refractivity contribution in [2.45, 2.75) is 0 Å². The number of ether oxygens (including phenoxy) is 1. The third-order valence-electron chi connectivity index (χ3n) is 3.82. The Morgan fingerprint density at radius 3 is 2.36 bits per heavy atom. The number of hydrogen-bond donors (Lipinski definition) is 0. The lowest BCUT2D eigenvalue weighted by molar-refractivity contribution is 0.0732. The number of allylic oxidation sites excluding steroid dienone is 1. The molecule has 0 saturated heterocycles. The molecule has 0 fully saturated rings. The molecule has 3 nitrogen and oxygen atoms in total. The number of ketones is 1. The molecule has 0 saturated carbocycles. The second kappa shape index (κ2) is 8.71. The molecule has 0 amide bonds. The first-order chi connectivity index (χ1) is 13.5. The molecule has 0 aliphatic rings. The Morgan fingerprint density at radius 1 is 0.893 bits per heavy atom. The minimum absolute atomic E-state index is 0.0923. The zero-order chi connectivity index (χ0) is 20.1. The third-order valence-corrected chi connectivity index (χ3v) is 4.51. The summed E-state index contributed by atoms with van der Waals surface area (Å²) in [5.41, 5.74) is 0.319. The zero-order valence-electron chi connectivity index (χ0n) is 14.4. The van der Waals surface area contributed by atoms with Crippen molar-refractivity contribution in [1.82, 2.24) is 0 Å². The van der Waals surface area contributed by atoms with Crippen molar-refractivity contribution in [2.24, 2.45) is 0 Å². The quantitative estimate of drug-likeness (QED) is 0.215. The van der Waals surface area contributed by atoms with E-state index >= 15 is 0 Å². The summed E-state index contributed by atoms with van der Waals surface area (Å²) in [6, 6.07) is 15.8. The van der Waals surface area contributed by atoms with E-state index in [-0.39, 0.29) is 22.4 Å². The van der Waals surface area contributed by atoms with E-state index < -0.39 is 23.4 Å². The molecule has 3 aromatic carbocycles. The Hall–Kier alpha value is -3.12. The molecular formula is C22H13BrF2O3. The fraction of sp³-hybridized carbons (Fsp3) is 0. The van der Waals surface area contributed by atoms with Crippen LogP contribution < -0.4 is 4.74 Å². The molecule has 0 spiro atoms. The molecule has 0 unspecified atom stereocenters. The Kier molecular flexibility index (Phi) is 6.11. The number of hydrogen-bond acceptors (Lipinski definition) is 3. The summed E-state index contributed by atoms with van der Waals surface area (Å²) in [7, 11) is 0. The van der Waals surface area contributed by atoms with E-state index in [0.29, 0.717) is 4.47 Å². The fourth-order valence-electron chi connectivity index (χ4n) is 2.43. The largest absolute Gasteiger partial charge is 0.422 e. The predicted octanol–water partition coefficient (Wildman–Crippen LogP) is 5.84. The first-order valence-corrected chi connectivity index (χ1v) is 8.98. The van der Waals surface area contributed by atoms with E-state index in [9.17, 15) is 18.4 Å². The molecule has 28 heavy (non-hydrogen) atoms. The lowest BCUT2D eigenvalue weighted by atomic mass is 10.1. The first-order valence-electron chi connectivity index (χ1n) is 8.19. The molecule has 0 heterocycles. The van der Waals surface area contributed by atoms with Crippen molar-refractivity contribution in [3.05, 3.63) is 106 Å². The molecule has 0 radical (unpaired) electrons. The molecule has 0 aromatic heterocycles. The van der Waals surface area contributed by atoms with Crippen molar-refractivity contribution < 1.29 is 23.1 Å². The van der Waals surface area contributed by atoms with E-state index in [4.69, 9.17) is 4.74 Å². The van der Waals surface area contributed by atoms with Gasteiger partial charge in [-0.05, 0) is 64.5 Å². The third kappa shape index (κ3) is 4.58. The molecule has 3 aromatic rings. The highest BCUT2D eigenvalue weighted by atomic mass is 79.9. The standard InChI is InChI=1S/C22H13BrF2O3/c23-18-7-3-2-6-16(18)22(27)28-21-12-10-15(24)13-17(21)20(26)11-9-14-5-1-4-8-19(14)25/h1-13H/b11-9+. The van der Waals surface area contributed by atoms with Crippen molar-refractivity contribution in [1.29, 1.82) is 0 Å². The van der Waals surface area contributed by atoms with Crippen LogP contribution in [0.1, 0.15) is 26.3 Å². The highest BCUT2D eigenvalue weighted by Gasteiger charge is 2.17. The summed E-state index contributed by atoms with van der Waals surface area (Å²) in [5, 5.41) is 0. The van der Waals surface area contributed by atoms with Gasteiger partial charge < -0.3 is 4.74 Å². The molecule has 0 N–H and O–H groups in total. The summed E-state index contributed by atoms with van der Waals surface area (Å²) >= 11 is 3.25. The SMILES string of the molecule is O=C(Oc1ccc(F)cc1C(=O)/C=C/c1ccccc1F)c1ccccc1Br. The summed E-state index contributed by atoms with van der Waals surface area (Å²) in [4.78, 5) is 24.9. The van der Waals surface area contributed by atoms with Crippen LogP contribution in [0.15, 0.2) is 77.3 Å². The maximum absolute atomic E-state index is 13.7. The van der Waals surface area contributed by atoms with Crippen molar-refractivity contribution in [3.63, 3.8) is 0 Å². The van der Waals surface area contributed by atoms with Gasteiger partial charge in [0.05, 0.1) is 11.1 Å². The summed E-state index contributed by atoms with van der Waals surface area (Å²) in [5.74, 6) is -2.58. The smallest absolute Gasteiger partial charge is 0.344 e. The van der Waals surface area contributed by atoms with Crippen LogP contribution in [-0.2, 0) is 0 Å². The van der Waals surface area contributed by atoms with Crippen molar-refractivity contribution >= 4 is 33.8 Å². The molecule has 0 bridgehead atoms. The van der Waals surface area contributed by atoms with Crippen LogP contribution in [0.3, 0.4) is 0 Å². The average Bonchev–Trinajstić information content (AvgIpc) is 2.68. The predicted molar refractivity (Wildman–Crippen MR) is 105 cm³/mol. The molecule has 6 heteroatoms. The first kappa shape index (κ1) is 19.6. The monoisotopic (exact) mass is 442 g/mol. The minimum atomic E-state index is -0.703. The summed E-state index contributed by atoms with van der Waals surface area (Å²) in [6.45, 7) is 0. The van der Waals surface area contributed by atoms with E-state index in [0.717, 1.165) is 18.2 Å². The number of carbonyl (C=O) groups excluding carboxylic acids is 2. The van der Waals surface area contributed by atoms with Crippen LogP contribution >= 0.6 is 15.9 Å². The van der Waals surface area contributed by atoms with Crippen LogP contribution in [0.4, 0.5) is 8.78 Å². The van der Waals surface area contributed by atoms with Gasteiger partial charge in [0.25, 0.3) is 0 Å². The van der Waals surface area contributed by atoms with E-state index in [1.807, 2.05) is 0 Å². The fourth-order valence-corrected chi connectivity index (χ4v) is 2.88. The normalized spacial score (nSPS) is 10.8. The number of carbonyl (C=O) groups is 2. The van der Waals surface area contributed by atoms with Gasteiger partial charge >= 0.3 is 5.97 Å². The van der Waals surface area contributed by atoms with Crippen molar-refractivity contribution in [2.75, 3.05) is 0 Å². The van der Waals surface area contributed by atoms with Crippen LogP contribution in [-0.4, -0.2) is 11.8 Å². The maximum Gasteiger partial charge on any atom is 0.344 e. The molecular weight excluding hydrogens is 430 g/mol. The summed E-state index contributed by atoms with van der Waals surface area (Å²) < 4.78 is 33.2. The molecule has 0 aliphatic heterocycles. The van der Waals surface area contributed by atoms with Gasteiger partial charge in [-0.1, -0.05) is 30.3 Å². The van der Waals surface area contributed by atoms with Crippen LogP contribution in [0.2, 0.25) is 0 Å². The van der Waals surface area contributed by atoms with E-state index in [1.54, 1.807) is 30.3 Å². The van der Waals surface area contributed by atoms with Gasteiger partial charge in [0.2, 0.25) is 0 Å². The van der Waals surface area contributed by atoms with Gasteiger partial charge in [0, 0.05) is 10.0 Å². The second-order valence-electron chi connectivity index (χ2n) is 5.73. The van der Waals surface area contributed by atoms with E-state index in [2.05, 4.69) is 15.9 Å². The van der Waals surface area contributed by atoms with Gasteiger partial charge in [0.15, 0.2) is 5.78 Å². The highest BCUT2D eigenvalue weighted by Crippen LogP contribution is 2.24. The van der Waals surface area contributed by atoms with Gasteiger partial charge in [-0.3, -0.25) is 4.79 Å². The molecule has 140 valence electrons. The lowest BCUT2D eigenvalue weighted by Crippen LogP contribution is -2.12. The Labute approximate surface area is 168 Å². The van der Waals surface area contributed by atoms with Gasteiger partial charge in [-0.15, -0.1) is 0 Å². The lowest BCUT2D eigenvalue weighted by Gasteiger charge is -2.09. The number of esters is 1. The second-order valence-corrected chi connectivity index (χ2v) is 6.58. The Morgan fingerprint density at radius 2 is 1.61 bits per heavy atom. The average molecular weight is 443 g/mol. The highest BCUT2D eigenvalue weighted by molar-refractivity contribution is 9.10. The Balaban J connectivity index is 1.88. The topological polar surface area (TPSA) is 43.4 Å². The number of benzene rings is 3. The number of halogens is 3. The van der Waals surface area contributed by atoms with Crippen LogP contribution in [0.25, 0.3) is 6.08 Å². The molecule has 0 aliphatic carbocycles. The molecule has 0 atom stereocenters. The maximum atomic E-state index is 13.7. The van der Waals surface area contributed by atoms with Gasteiger partial charge in [-0.2, -0.15) is 0 Å². The zero-order valence-corrected chi connectivity index (χ0v) is 16.0.